The third-order valence-electron chi connectivity index (χ3n) is 14.3. The molecule has 0 nitrogen and oxygen atoms in total. The van der Waals surface area contributed by atoms with E-state index in [1.165, 1.54) is 172 Å². The molecule has 0 spiro atoms. The van der Waals surface area contributed by atoms with Gasteiger partial charge in [-0.25, -0.2) is 8.78 Å². The van der Waals surface area contributed by atoms with Gasteiger partial charge in [-0.3, -0.25) is 0 Å². The van der Waals surface area contributed by atoms with Gasteiger partial charge in [-0.05, 0) is 135 Å². The molecular weight excluding hydrogens is 795 g/mol. The molecule has 0 aliphatic heterocycles. The highest BCUT2D eigenvalue weighted by Gasteiger charge is 2.21. The Kier molecular flexibility index (Phi) is 24.1. The largest absolute Gasteiger partial charge is 0.206 e. The fraction of sp³-hybridized carbons (Fsp3) is 0.556. The summed E-state index contributed by atoms with van der Waals surface area (Å²) in [4.78, 5) is 0. The molecule has 2 aliphatic rings. The second kappa shape index (κ2) is 30.2. The number of hydrogen-bond donors (Lipinski definition) is 0. The molecule has 0 atom stereocenters. The minimum atomic E-state index is -0.176. The second-order valence-corrected chi connectivity index (χ2v) is 19.7. The molecule has 0 heterocycles. The van der Waals surface area contributed by atoms with E-state index in [4.69, 9.17) is 0 Å². The van der Waals surface area contributed by atoms with Crippen LogP contribution in [0.15, 0.2) is 84.9 Å². The van der Waals surface area contributed by atoms with Gasteiger partial charge in [0.25, 0.3) is 0 Å². The minimum absolute atomic E-state index is 0.175. The van der Waals surface area contributed by atoms with Crippen molar-refractivity contribution in [3.05, 3.63) is 119 Å². The highest BCUT2D eigenvalue weighted by Crippen LogP contribution is 2.34. The highest BCUT2D eigenvalue weighted by atomic mass is 19.1. The van der Waals surface area contributed by atoms with Crippen LogP contribution >= 0.6 is 0 Å². The lowest BCUT2D eigenvalue weighted by molar-refractivity contribution is 0.293. The predicted molar refractivity (Wildman–Crippen MR) is 277 cm³/mol. The van der Waals surface area contributed by atoms with Gasteiger partial charge in [0.1, 0.15) is 11.6 Å². The monoisotopic (exact) mass is 879 g/mol. The lowest BCUT2D eigenvalue weighted by Crippen LogP contribution is -2.13. The lowest BCUT2D eigenvalue weighted by atomic mass is 9.80. The van der Waals surface area contributed by atoms with Crippen LogP contribution in [0.25, 0.3) is 22.3 Å². The molecule has 2 saturated carbocycles. The fourth-order valence-electron chi connectivity index (χ4n) is 9.93. The Morgan fingerprint density at radius 1 is 0.400 bits per heavy atom. The molecule has 0 amide bonds. The molecule has 4 aromatic rings. The lowest BCUT2D eigenvalue weighted by Gasteiger charge is -2.25. The molecule has 0 saturated heterocycles. The predicted octanol–water partition coefficient (Wildman–Crippen LogP) is 19.1. The van der Waals surface area contributed by atoms with Crippen LogP contribution in [0.2, 0.25) is 0 Å². The third kappa shape index (κ3) is 18.9. The fourth-order valence-corrected chi connectivity index (χ4v) is 9.93. The molecule has 0 unspecified atom stereocenters. The van der Waals surface area contributed by atoms with Crippen LogP contribution in [0.5, 0.6) is 0 Å². The van der Waals surface area contributed by atoms with E-state index in [0.717, 1.165) is 46.9 Å². The molecule has 0 bridgehead atoms. The van der Waals surface area contributed by atoms with E-state index >= 15 is 0 Å². The number of unbranched alkanes of at least 4 members (excludes halogenated alkanes) is 11. The van der Waals surface area contributed by atoms with E-state index in [1.54, 1.807) is 12.1 Å². The quantitative estimate of drug-likeness (QED) is 0.0578. The maximum Gasteiger partial charge on any atom is 0.132 e. The molecule has 65 heavy (non-hydrogen) atoms. The average molecular weight is 879 g/mol. The molecule has 6 rings (SSSR count). The third-order valence-corrected chi connectivity index (χ3v) is 14.3. The summed E-state index contributed by atoms with van der Waals surface area (Å²) in [5.74, 6) is 15.8. The van der Waals surface area contributed by atoms with Gasteiger partial charge in [-0.1, -0.05) is 208 Å². The van der Waals surface area contributed by atoms with Crippen LogP contribution in [-0.2, 0) is 12.8 Å². The van der Waals surface area contributed by atoms with Crippen molar-refractivity contribution in [1.82, 2.24) is 0 Å². The summed E-state index contributed by atoms with van der Waals surface area (Å²) in [5.41, 5.74) is 7.45. The number of hydrogen-bond acceptors (Lipinski definition) is 0. The molecular formula is C63H84F2. The summed E-state index contributed by atoms with van der Waals surface area (Å²) < 4.78 is 29.6. The van der Waals surface area contributed by atoms with Crippen LogP contribution in [0.4, 0.5) is 8.78 Å². The molecule has 2 heteroatoms. The summed E-state index contributed by atoms with van der Waals surface area (Å²) in [7, 11) is 0. The van der Waals surface area contributed by atoms with Gasteiger partial charge in [-0.15, -0.1) is 0 Å². The van der Waals surface area contributed by atoms with E-state index in [2.05, 4.69) is 75.6 Å². The van der Waals surface area contributed by atoms with Crippen molar-refractivity contribution >= 4 is 0 Å². The van der Waals surface area contributed by atoms with Gasteiger partial charge in [0.2, 0.25) is 0 Å². The van der Waals surface area contributed by atoms with Gasteiger partial charge < -0.3 is 0 Å². The maximum absolute atomic E-state index is 14.8. The van der Waals surface area contributed by atoms with Crippen molar-refractivity contribution in [3.8, 4) is 45.9 Å². The van der Waals surface area contributed by atoms with Gasteiger partial charge >= 0.3 is 0 Å². The first kappa shape index (κ1) is 51.8. The first-order valence-electron chi connectivity index (χ1n) is 26.7. The van der Waals surface area contributed by atoms with Gasteiger partial charge in [0.15, 0.2) is 0 Å². The topological polar surface area (TPSA) is 0 Å². The van der Waals surface area contributed by atoms with Crippen molar-refractivity contribution in [2.75, 3.05) is 0 Å². The molecule has 4 aromatic carbocycles. The Morgan fingerprint density at radius 2 is 0.754 bits per heavy atom. The van der Waals surface area contributed by atoms with Crippen molar-refractivity contribution in [2.45, 2.75) is 201 Å². The first-order valence-corrected chi connectivity index (χ1v) is 26.7. The Labute approximate surface area is 396 Å². The van der Waals surface area contributed by atoms with Crippen molar-refractivity contribution < 1.29 is 8.78 Å². The zero-order valence-electron chi connectivity index (χ0n) is 41.2. The molecule has 2 fully saturated rings. The summed E-state index contributed by atoms with van der Waals surface area (Å²) in [5, 5.41) is 0. The second-order valence-electron chi connectivity index (χ2n) is 19.7. The number of benzene rings is 4. The van der Waals surface area contributed by atoms with Crippen molar-refractivity contribution in [3.63, 3.8) is 0 Å². The first-order chi connectivity index (χ1) is 31.9. The van der Waals surface area contributed by atoms with Gasteiger partial charge in [0, 0.05) is 34.1 Å². The van der Waals surface area contributed by atoms with Crippen molar-refractivity contribution in [2.24, 2.45) is 23.7 Å². The van der Waals surface area contributed by atoms with E-state index < -0.39 is 0 Å². The zero-order chi connectivity index (χ0) is 45.9. The molecule has 0 N–H and O–H groups in total. The Hall–Kier alpha value is -4.14. The van der Waals surface area contributed by atoms with E-state index in [0.29, 0.717) is 23.0 Å². The normalized spacial score (nSPS) is 18.1. The maximum atomic E-state index is 14.8. The number of aryl methyl sites for hydroxylation is 2. The smallest absolute Gasteiger partial charge is 0.132 e. The standard InChI is InChI=1S/C32H43F.C31H41F/c1-3-5-7-8-9-10-12-27-13-15-28(16-14-27)17-18-29-21-24-31(32(33)25-29)30-22-19-26(20-23-30)11-6-4-2;1-3-5-7-8-9-11-26-12-14-27(15-13-26)16-17-28-20-23-30(31(32)24-28)29-21-18-25(19-22-29)10-6-4-2/h19-25,27-28H,3-16H2,1-2H3;18-24,26-27H,3-15H2,1-2H3. The van der Waals surface area contributed by atoms with E-state index in [-0.39, 0.29) is 11.6 Å². The number of rotatable bonds is 21. The van der Waals surface area contributed by atoms with Gasteiger partial charge in [-0.2, -0.15) is 0 Å². The average Bonchev–Trinajstić information content (AvgIpc) is 3.34. The van der Waals surface area contributed by atoms with Crippen LogP contribution in [0, 0.1) is 59.0 Å². The van der Waals surface area contributed by atoms with Crippen LogP contribution in [-0.4, -0.2) is 0 Å². The van der Waals surface area contributed by atoms with Crippen LogP contribution in [0.1, 0.15) is 210 Å². The molecule has 0 aromatic heterocycles. The summed E-state index contributed by atoms with van der Waals surface area (Å²) in [6.45, 7) is 8.96. The summed E-state index contributed by atoms with van der Waals surface area (Å²) in [6, 6.07) is 27.6. The van der Waals surface area contributed by atoms with E-state index in [1.807, 2.05) is 48.5 Å². The summed E-state index contributed by atoms with van der Waals surface area (Å²) >= 11 is 0. The van der Waals surface area contributed by atoms with Crippen LogP contribution < -0.4 is 0 Å². The van der Waals surface area contributed by atoms with Crippen LogP contribution in [0.3, 0.4) is 0 Å². The SMILES string of the molecule is CCCCCCCC1CCC(C#Cc2ccc(-c3ccc(CCCC)cc3)c(F)c2)CC1.CCCCCCCCC1CCC(C#Cc2ccc(-c3ccc(CCCC)cc3)c(F)c2)CC1. The van der Waals surface area contributed by atoms with Crippen molar-refractivity contribution in [1.29, 1.82) is 0 Å². The minimum Gasteiger partial charge on any atom is -0.206 e. The Balaban J connectivity index is 0.000000244. The Morgan fingerprint density at radius 3 is 1.11 bits per heavy atom. The highest BCUT2D eigenvalue weighted by molar-refractivity contribution is 5.66. The van der Waals surface area contributed by atoms with Gasteiger partial charge in [0.05, 0.1) is 0 Å². The Bertz CT molecular complexity index is 2030. The summed E-state index contributed by atoms with van der Waals surface area (Å²) in [6.07, 6.45) is 35.1. The zero-order valence-corrected chi connectivity index (χ0v) is 41.2. The number of halogens is 2. The molecule has 350 valence electrons. The van der Waals surface area contributed by atoms with E-state index in [9.17, 15) is 8.78 Å². The molecule has 2 aliphatic carbocycles. The molecule has 0 radical (unpaired) electrons.